The average molecular weight is 343 g/mol. The number of carboxylic acid groups (broad SMARTS) is 2. The number of nitrogens with zero attached hydrogens (tertiary/aromatic N) is 1. The third-order valence-electron chi connectivity index (χ3n) is 2.78. The first kappa shape index (κ1) is 19.1. The van der Waals surface area contributed by atoms with Gasteiger partial charge in [0, 0.05) is 6.08 Å². The highest BCUT2D eigenvalue weighted by molar-refractivity contribution is 5.94. The molecule has 2 aromatic carbocycles. The van der Waals surface area contributed by atoms with Crippen molar-refractivity contribution in [3.8, 4) is 23.3 Å². The fourth-order valence-corrected chi connectivity index (χ4v) is 1.64. The van der Waals surface area contributed by atoms with E-state index in [1.807, 2.05) is 0 Å². The molecule has 2 rings (SSSR count). The molecule has 0 radical (unpaired) electrons. The molecule has 0 aliphatic heterocycles. The van der Waals surface area contributed by atoms with E-state index >= 15 is 0 Å². The highest BCUT2D eigenvalue weighted by atomic mass is 16.4. The first-order valence-electron chi connectivity index (χ1n) is 6.64. The molecule has 0 unspecified atom stereocenters. The smallest absolute Gasteiger partial charge is 0.339 e. The molecule has 0 spiro atoms. The van der Waals surface area contributed by atoms with Crippen LogP contribution in [0.5, 0.6) is 17.2 Å². The Morgan fingerprint density at radius 3 is 1.92 bits per heavy atom. The summed E-state index contributed by atoms with van der Waals surface area (Å²) in [4.78, 5) is 20.6. The Morgan fingerprint density at radius 1 is 0.920 bits per heavy atom. The van der Waals surface area contributed by atoms with Crippen LogP contribution in [0.15, 0.2) is 48.5 Å². The molecule has 0 aliphatic carbocycles. The molecule has 5 N–H and O–H groups in total. The molecule has 0 fully saturated rings. The number of benzene rings is 2. The molecule has 2 aromatic rings. The van der Waals surface area contributed by atoms with Crippen LogP contribution in [0, 0.1) is 11.3 Å². The zero-order valence-electron chi connectivity index (χ0n) is 12.6. The molecular formula is C17H13NO7. The van der Waals surface area contributed by atoms with E-state index in [1.165, 1.54) is 30.3 Å². The van der Waals surface area contributed by atoms with Crippen LogP contribution in [-0.2, 0) is 4.79 Å². The number of phenols is 3. The van der Waals surface area contributed by atoms with Crippen molar-refractivity contribution >= 4 is 17.5 Å². The molecule has 8 heteroatoms. The molecular weight excluding hydrogens is 330 g/mol. The second-order valence-electron chi connectivity index (χ2n) is 4.56. The second-order valence-corrected chi connectivity index (χ2v) is 4.56. The van der Waals surface area contributed by atoms with Crippen molar-refractivity contribution in [1.29, 1.82) is 5.26 Å². The number of aromatic hydroxyl groups is 3. The van der Waals surface area contributed by atoms with Crippen molar-refractivity contribution in [2.24, 2.45) is 0 Å². The maximum atomic E-state index is 10.3. The number of rotatable bonds is 3. The van der Waals surface area contributed by atoms with Crippen LogP contribution in [0.4, 0.5) is 0 Å². The highest BCUT2D eigenvalue weighted by Crippen LogP contribution is 2.21. The van der Waals surface area contributed by atoms with Crippen molar-refractivity contribution in [3.05, 3.63) is 59.7 Å². The highest BCUT2D eigenvalue weighted by Gasteiger charge is 2.08. The van der Waals surface area contributed by atoms with Crippen molar-refractivity contribution in [3.63, 3.8) is 0 Å². The normalized spacial score (nSPS) is 10.1. The summed E-state index contributed by atoms with van der Waals surface area (Å²) in [6, 6.07) is 10.8. The van der Waals surface area contributed by atoms with E-state index in [1.54, 1.807) is 6.07 Å². The van der Waals surface area contributed by atoms with Crippen molar-refractivity contribution < 1.29 is 35.1 Å². The largest absolute Gasteiger partial charge is 0.508 e. The van der Waals surface area contributed by atoms with E-state index in [-0.39, 0.29) is 28.4 Å². The van der Waals surface area contributed by atoms with Gasteiger partial charge in [-0.15, -0.1) is 0 Å². The Kier molecular flexibility index (Phi) is 6.55. The molecule has 25 heavy (non-hydrogen) atoms. The van der Waals surface area contributed by atoms with E-state index in [4.69, 9.17) is 30.8 Å². The summed E-state index contributed by atoms with van der Waals surface area (Å²) in [6.45, 7) is 0. The van der Waals surface area contributed by atoms with Gasteiger partial charge in [0.25, 0.3) is 0 Å². The monoisotopic (exact) mass is 343 g/mol. The van der Waals surface area contributed by atoms with Crippen LogP contribution < -0.4 is 0 Å². The topological polar surface area (TPSA) is 159 Å². The van der Waals surface area contributed by atoms with E-state index < -0.39 is 11.9 Å². The van der Waals surface area contributed by atoms with Gasteiger partial charge < -0.3 is 25.5 Å². The lowest BCUT2D eigenvalue weighted by Gasteiger charge is -1.98. The van der Waals surface area contributed by atoms with Crippen LogP contribution in [0.2, 0.25) is 0 Å². The van der Waals surface area contributed by atoms with Crippen LogP contribution in [-0.4, -0.2) is 37.5 Å². The van der Waals surface area contributed by atoms with E-state index in [9.17, 15) is 9.59 Å². The van der Waals surface area contributed by atoms with Crippen molar-refractivity contribution in [2.75, 3.05) is 0 Å². The fraction of sp³-hybridized carbons (Fsp3) is 0. The lowest BCUT2D eigenvalue weighted by atomic mass is 10.1. The van der Waals surface area contributed by atoms with Gasteiger partial charge in [0.15, 0.2) is 0 Å². The third kappa shape index (κ3) is 5.96. The predicted molar refractivity (Wildman–Crippen MR) is 86.1 cm³/mol. The molecule has 128 valence electrons. The summed E-state index contributed by atoms with van der Waals surface area (Å²) in [5.41, 5.74) is 0.218. The number of nitriles is 1. The van der Waals surface area contributed by atoms with Gasteiger partial charge in [-0.2, -0.15) is 5.26 Å². The molecule has 0 aliphatic rings. The number of allylic oxidation sites excluding steroid dienone is 1. The first-order valence-corrected chi connectivity index (χ1v) is 6.64. The Hall–Kier alpha value is -3.99. The summed E-state index contributed by atoms with van der Waals surface area (Å²) in [6.07, 6.45) is 0.826. The maximum absolute atomic E-state index is 10.3. The number of carbonyl (C=O) groups is 2. The minimum absolute atomic E-state index is 0.0532. The Morgan fingerprint density at radius 2 is 1.48 bits per heavy atom. The fourth-order valence-electron chi connectivity index (χ4n) is 1.64. The number of aromatic carboxylic acids is 1. The quantitative estimate of drug-likeness (QED) is 0.322. The van der Waals surface area contributed by atoms with Crippen LogP contribution >= 0.6 is 0 Å². The van der Waals surface area contributed by atoms with Gasteiger partial charge in [-0.05, 0) is 48.0 Å². The number of carboxylic acids is 2. The number of aliphatic carboxylic acids is 1. The van der Waals surface area contributed by atoms with Gasteiger partial charge in [-0.1, -0.05) is 0 Å². The minimum atomic E-state index is -1.27. The van der Waals surface area contributed by atoms with Gasteiger partial charge in [0.05, 0.1) is 5.57 Å². The molecule has 0 amide bonds. The minimum Gasteiger partial charge on any atom is -0.508 e. The standard InChI is InChI=1S/C10H7NO3.C7H6O4/c11-6-8(5-10(13)14)7-1-3-9(12)4-2-7;8-4-1-2-6(9)5(3-4)7(10)11/h1-5,12H,(H,13,14);1-3,8-9H,(H,10,11). The van der Waals surface area contributed by atoms with Gasteiger partial charge in [-0.3, -0.25) is 0 Å². The average Bonchev–Trinajstić information content (AvgIpc) is 2.56. The summed E-state index contributed by atoms with van der Waals surface area (Å²) >= 11 is 0. The van der Waals surface area contributed by atoms with Gasteiger partial charge in [0.1, 0.15) is 28.9 Å². The summed E-state index contributed by atoms with van der Waals surface area (Å²) in [5, 5.41) is 52.2. The molecule has 0 saturated carbocycles. The molecule has 0 bridgehead atoms. The first-order chi connectivity index (χ1) is 11.7. The SMILES string of the molecule is N#CC(=CC(=O)O)c1ccc(O)cc1.O=C(O)c1cc(O)ccc1O. The molecule has 0 saturated heterocycles. The van der Waals surface area contributed by atoms with Gasteiger partial charge in [0.2, 0.25) is 0 Å². The van der Waals surface area contributed by atoms with Crippen LogP contribution in [0.25, 0.3) is 5.57 Å². The lowest BCUT2D eigenvalue weighted by Crippen LogP contribution is -1.95. The Balaban J connectivity index is 0.000000257. The lowest BCUT2D eigenvalue weighted by molar-refractivity contribution is -0.131. The number of hydrogen-bond acceptors (Lipinski definition) is 6. The maximum Gasteiger partial charge on any atom is 0.339 e. The summed E-state index contributed by atoms with van der Waals surface area (Å²) in [5.74, 6) is -2.90. The zero-order chi connectivity index (χ0) is 19.0. The van der Waals surface area contributed by atoms with Crippen molar-refractivity contribution in [2.45, 2.75) is 0 Å². The van der Waals surface area contributed by atoms with Gasteiger partial charge in [-0.25, -0.2) is 9.59 Å². The molecule has 0 heterocycles. The zero-order valence-corrected chi connectivity index (χ0v) is 12.6. The molecule has 8 nitrogen and oxygen atoms in total. The Bertz CT molecular complexity index is 848. The Labute approximate surface area is 141 Å². The molecule has 0 atom stereocenters. The van der Waals surface area contributed by atoms with E-state index in [0.717, 1.165) is 18.2 Å². The molecule has 0 aromatic heterocycles. The summed E-state index contributed by atoms with van der Waals surface area (Å²) < 4.78 is 0. The van der Waals surface area contributed by atoms with E-state index in [0.29, 0.717) is 5.56 Å². The van der Waals surface area contributed by atoms with Crippen molar-refractivity contribution in [1.82, 2.24) is 0 Å². The second kappa shape index (κ2) is 8.59. The predicted octanol–water partition coefficient (Wildman–Crippen LogP) is 2.18. The third-order valence-corrected chi connectivity index (χ3v) is 2.78. The van der Waals surface area contributed by atoms with Gasteiger partial charge >= 0.3 is 11.9 Å². The van der Waals surface area contributed by atoms with Crippen LogP contribution in [0.1, 0.15) is 15.9 Å². The number of hydrogen-bond donors (Lipinski definition) is 5. The summed E-state index contributed by atoms with van der Waals surface area (Å²) in [7, 11) is 0. The van der Waals surface area contributed by atoms with E-state index in [2.05, 4.69) is 0 Å². The number of phenolic OH excluding ortho intramolecular Hbond substituents is 2. The van der Waals surface area contributed by atoms with Crippen LogP contribution in [0.3, 0.4) is 0 Å².